The van der Waals surface area contributed by atoms with Gasteiger partial charge < -0.3 is 19.9 Å². The van der Waals surface area contributed by atoms with Gasteiger partial charge in [0, 0.05) is 23.7 Å². The molecule has 4 N–H and O–H groups in total. The molecular formula is C23H17N6O4+. The van der Waals surface area contributed by atoms with Gasteiger partial charge in [-0.15, -0.1) is 0 Å². The molecule has 10 nitrogen and oxygen atoms in total. The van der Waals surface area contributed by atoms with Gasteiger partial charge in [0.2, 0.25) is 5.52 Å². The fourth-order valence-electron chi connectivity index (χ4n) is 3.76. The maximum Gasteiger partial charge on any atom is 0.314 e. The Kier molecular flexibility index (Phi) is 4.67. The van der Waals surface area contributed by atoms with Crippen LogP contribution in [0.15, 0.2) is 80.1 Å². The van der Waals surface area contributed by atoms with Crippen molar-refractivity contribution in [3.8, 4) is 0 Å². The number of hydrogen-bond acceptors (Lipinski definition) is 5. The largest absolute Gasteiger partial charge is 0.316 e. The van der Waals surface area contributed by atoms with E-state index < -0.39 is 22.2 Å². The number of aromatic amines is 4. The summed E-state index contributed by atoms with van der Waals surface area (Å²) in [5, 5.41) is 1.72. The molecule has 162 valence electrons. The maximum absolute atomic E-state index is 11.4. The first kappa shape index (κ1) is 20.1. The first-order chi connectivity index (χ1) is 15.9. The van der Waals surface area contributed by atoms with Crippen LogP contribution in [0.2, 0.25) is 0 Å². The number of rotatable bonds is 0. The Bertz CT molecular complexity index is 1930. The standard InChI is InChI=1S/C12H9N3O2.C11H7N3O2/c1-15-6-2-3-7-9(15)5-4-8-10(7)14-12(17)11(16)13-8;15-10-11(16)14-9-6-2-1-5-12-7(6)3-4-8(9)13-10/h2-6H,1H3,(H,13,16);1-5H,(H,13,15)(H,14,16)/p+1. The fourth-order valence-corrected chi connectivity index (χ4v) is 3.76. The van der Waals surface area contributed by atoms with Crippen molar-refractivity contribution in [3.63, 3.8) is 0 Å². The van der Waals surface area contributed by atoms with Crippen molar-refractivity contribution in [3.05, 3.63) is 102 Å². The average molecular weight is 441 g/mol. The molecule has 0 radical (unpaired) electrons. The molecule has 0 aliphatic rings. The van der Waals surface area contributed by atoms with E-state index in [2.05, 4.69) is 24.9 Å². The molecule has 0 aliphatic carbocycles. The summed E-state index contributed by atoms with van der Waals surface area (Å²) in [4.78, 5) is 59.4. The minimum absolute atomic E-state index is 0.602. The Hall–Kier alpha value is -4.86. The molecule has 0 amide bonds. The molecule has 0 unspecified atom stereocenters. The number of nitrogens with zero attached hydrogens (tertiary/aromatic N) is 2. The Labute approximate surface area is 183 Å². The highest BCUT2D eigenvalue weighted by atomic mass is 16.2. The lowest BCUT2D eigenvalue weighted by Gasteiger charge is -2.01. The zero-order valence-electron chi connectivity index (χ0n) is 17.3. The highest BCUT2D eigenvalue weighted by molar-refractivity contribution is 6.02. The van der Waals surface area contributed by atoms with Gasteiger partial charge in [-0.25, -0.2) is 4.57 Å². The van der Waals surface area contributed by atoms with E-state index in [-0.39, 0.29) is 0 Å². The molecule has 0 fully saturated rings. The van der Waals surface area contributed by atoms with Gasteiger partial charge in [-0.3, -0.25) is 24.2 Å². The quantitative estimate of drug-likeness (QED) is 0.157. The van der Waals surface area contributed by atoms with Crippen LogP contribution in [0, 0.1) is 0 Å². The number of fused-ring (bicyclic) bond motifs is 6. The normalized spacial score (nSPS) is 11.1. The van der Waals surface area contributed by atoms with Gasteiger partial charge >= 0.3 is 22.2 Å². The number of aromatic nitrogens is 6. The van der Waals surface area contributed by atoms with Crippen LogP contribution in [0.25, 0.3) is 43.9 Å². The van der Waals surface area contributed by atoms with Gasteiger partial charge in [-0.05, 0) is 36.4 Å². The second-order valence-electron chi connectivity index (χ2n) is 7.41. The minimum atomic E-state index is -0.649. The molecule has 0 aliphatic heterocycles. The number of hydrogen-bond donors (Lipinski definition) is 4. The number of nitrogens with one attached hydrogen (secondary N) is 4. The van der Waals surface area contributed by atoms with Crippen LogP contribution in [0.4, 0.5) is 0 Å². The van der Waals surface area contributed by atoms with E-state index in [0.29, 0.717) is 22.1 Å². The van der Waals surface area contributed by atoms with Gasteiger partial charge in [-0.1, -0.05) is 0 Å². The van der Waals surface area contributed by atoms with Gasteiger partial charge in [-0.2, -0.15) is 0 Å². The summed E-state index contributed by atoms with van der Waals surface area (Å²) in [6.45, 7) is 0. The molecule has 33 heavy (non-hydrogen) atoms. The van der Waals surface area contributed by atoms with E-state index in [9.17, 15) is 19.2 Å². The van der Waals surface area contributed by atoms with Crippen LogP contribution in [0.5, 0.6) is 0 Å². The maximum atomic E-state index is 11.4. The van der Waals surface area contributed by atoms with Crippen LogP contribution >= 0.6 is 0 Å². The molecule has 0 spiro atoms. The lowest BCUT2D eigenvalue weighted by atomic mass is 10.1. The highest BCUT2D eigenvalue weighted by Gasteiger charge is 2.09. The molecule has 0 bridgehead atoms. The lowest BCUT2D eigenvalue weighted by molar-refractivity contribution is -0.644. The molecule has 10 heteroatoms. The second kappa shape index (κ2) is 7.68. The molecule has 0 saturated carbocycles. The minimum Gasteiger partial charge on any atom is -0.316 e. The Morgan fingerprint density at radius 1 is 0.667 bits per heavy atom. The fraction of sp³-hybridized carbons (Fsp3) is 0.0435. The molecule has 4 heterocycles. The summed E-state index contributed by atoms with van der Waals surface area (Å²) in [5.41, 5.74) is 1.71. The van der Waals surface area contributed by atoms with Crippen LogP contribution in [0.1, 0.15) is 0 Å². The lowest BCUT2D eigenvalue weighted by Crippen LogP contribution is -2.30. The Balaban J connectivity index is 0.000000139. The number of H-pyrrole nitrogens is 4. The van der Waals surface area contributed by atoms with Crippen molar-refractivity contribution in [2.45, 2.75) is 0 Å². The topological polar surface area (TPSA) is 148 Å². The van der Waals surface area contributed by atoms with Crippen LogP contribution in [0.3, 0.4) is 0 Å². The summed E-state index contributed by atoms with van der Waals surface area (Å²) in [6.07, 6.45) is 3.61. The predicted octanol–water partition coefficient (Wildman–Crippen LogP) is 0.959. The average Bonchev–Trinajstić information content (AvgIpc) is 2.81. The molecule has 6 aromatic rings. The van der Waals surface area contributed by atoms with E-state index >= 15 is 0 Å². The molecule has 6 rings (SSSR count). The highest BCUT2D eigenvalue weighted by Crippen LogP contribution is 2.19. The van der Waals surface area contributed by atoms with E-state index in [1.807, 2.05) is 42.1 Å². The number of benzene rings is 2. The zero-order chi connectivity index (χ0) is 23.1. The Morgan fingerprint density at radius 3 is 1.94 bits per heavy atom. The van der Waals surface area contributed by atoms with Gasteiger partial charge in [0.05, 0.1) is 33.0 Å². The summed E-state index contributed by atoms with van der Waals surface area (Å²) in [7, 11) is 1.93. The van der Waals surface area contributed by atoms with Crippen molar-refractivity contribution in [1.29, 1.82) is 0 Å². The predicted molar refractivity (Wildman–Crippen MR) is 124 cm³/mol. The summed E-state index contributed by atoms with van der Waals surface area (Å²) < 4.78 is 1.96. The van der Waals surface area contributed by atoms with Gasteiger partial charge in [0.15, 0.2) is 6.20 Å². The second-order valence-corrected chi connectivity index (χ2v) is 7.41. The van der Waals surface area contributed by atoms with Crippen molar-refractivity contribution in [1.82, 2.24) is 24.9 Å². The summed E-state index contributed by atoms with van der Waals surface area (Å²) in [5.74, 6) is 0. The number of pyridine rings is 2. The van der Waals surface area contributed by atoms with Crippen LogP contribution in [-0.2, 0) is 7.05 Å². The SMILES string of the molecule is C[n+]1cccc2c3[nH]c(=O)c(=O)[nH]c3ccc21.O=c1[nH]c2ccc3ncccc3c2[nH]c1=O. The summed E-state index contributed by atoms with van der Waals surface area (Å²) >= 11 is 0. The van der Waals surface area contributed by atoms with Crippen LogP contribution < -0.4 is 26.8 Å². The zero-order valence-corrected chi connectivity index (χ0v) is 17.3. The monoisotopic (exact) mass is 441 g/mol. The third-order valence-electron chi connectivity index (χ3n) is 5.35. The van der Waals surface area contributed by atoms with Crippen molar-refractivity contribution in [2.24, 2.45) is 7.05 Å². The first-order valence-electron chi connectivity index (χ1n) is 9.96. The molecular weight excluding hydrogens is 424 g/mol. The van der Waals surface area contributed by atoms with Gasteiger partial charge in [0.1, 0.15) is 7.05 Å². The van der Waals surface area contributed by atoms with Crippen molar-refractivity contribution >= 4 is 43.9 Å². The molecule has 4 aromatic heterocycles. The smallest absolute Gasteiger partial charge is 0.314 e. The molecule has 0 saturated heterocycles. The van der Waals surface area contributed by atoms with Crippen molar-refractivity contribution < 1.29 is 4.57 Å². The molecule has 2 aromatic carbocycles. The summed E-state index contributed by atoms with van der Waals surface area (Å²) in [6, 6.07) is 14.6. The van der Waals surface area contributed by atoms with Crippen molar-refractivity contribution in [2.75, 3.05) is 0 Å². The third kappa shape index (κ3) is 3.49. The first-order valence-corrected chi connectivity index (χ1v) is 9.96. The van der Waals surface area contributed by atoms with E-state index in [1.54, 1.807) is 30.5 Å². The number of aryl methyl sites for hydroxylation is 1. The third-order valence-corrected chi connectivity index (χ3v) is 5.35. The van der Waals surface area contributed by atoms with E-state index in [1.165, 1.54) is 0 Å². The van der Waals surface area contributed by atoms with E-state index in [4.69, 9.17) is 0 Å². The Morgan fingerprint density at radius 2 is 1.24 bits per heavy atom. The molecule has 0 atom stereocenters. The van der Waals surface area contributed by atoms with Gasteiger partial charge in [0.25, 0.3) is 0 Å². The van der Waals surface area contributed by atoms with E-state index in [0.717, 1.165) is 21.8 Å². The van der Waals surface area contributed by atoms with Crippen LogP contribution in [-0.4, -0.2) is 24.9 Å².